The van der Waals surface area contributed by atoms with Gasteiger partial charge in [-0.2, -0.15) is 0 Å². The van der Waals surface area contributed by atoms with E-state index in [2.05, 4.69) is 72.5 Å². The zero-order chi connectivity index (χ0) is 19.3. The fraction of sp³-hybridized carbons (Fsp3) is 0.850. The van der Waals surface area contributed by atoms with Gasteiger partial charge in [-0.15, -0.1) is 0 Å². The number of rotatable bonds is 0. The van der Waals surface area contributed by atoms with Crippen molar-refractivity contribution >= 4 is 51.2 Å². The van der Waals surface area contributed by atoms with Gasteiger partial charge in [0.1, 0.15) is 6.10 Å². The molecule has 0 aromatic heterocycles. The Balaban J connectivity index is 1.90. The van der Waals surface area contributed by atoms with Crippen LogP contribution in [0.15, 0.2) is 12.2 Å². The highest BCUT2D eigenvalue weighted by atomic mass is 127. The summed E-state index contributed by atoms with van der Waals surface area (Å²) in [5, 5.41) is 10.9. The average Bonchev–Trinajstić information content (AvgIpc) is 3.10. The van der Waals surface area contributed by atoms with Crippen LogP contribution in [0.3, 0.4) is 0 Å². The predicted molar refractivity (Wildman–Crippen MR) is 119 cm³/mol. The van der Waals surface area contributed by atoms with E-state index < -0.39 is 12.2 Å². The molecule has 0 radical (unpaired) electrons. The standard InChI is InChI=1S/C20H30I2O4/c1-11-6-5-8-19(3,22)15-7-9-20(4,26-15)14(21)10-13-12(2)18(24)25-17(13)16(11)23/h11,13-17,23H,2,5-10H2,1,3-4H3/t11-,13+,14+,15+,16+,17-,19-,20-/m1/s1. The number of hydrogen-bond acceptors (Lipinski definition) is 4. The van der Waals surface area contributed by atoms with E-state index in [1.165, 1.54) is 0 Å². The van der Waals surface area contributed by atoms with E-state index in [0.717, 1.165) is 38.5 Å². The molecule has 0 unspecified atom stereocenters. The number of alkyl halides is 2. The number of carbonyl (C=O) groups is 1. The van der Waals surface area contributed by atoms with E-state index in [1.807, 2.05) is 0 Å². The highest BCUT2D eigenvalue weighted by Crippen LogP contribution is 2.48. The summed E-state index contributed by atoms with van der Waals surface area (Å²) in [6, 6.07) is 0. The zero-order valence-corrected chi connectivity index (χ0v) is 20.2. The number of fused-ring (bicyclic) bond motifs is 3. The molecule has 4 nitrogen and oxygen atoms in total. The Morgan fingerprint density at radius 3 is 2.65 bits per heavy atom. The van der Waals surface area contributed by atoms with Crippen LogP contribution in [0.4, 0.5) is 0 Å². The van der Waals surface area contributed by atoms with Crippen molar-refractivity contribution in [2.45, 2.75) is 90.6 Å². The van der Waals surface area contributed by atoms with Gasteiger partial charge in [-0.1, -0.05) is 65.1 Å². The molecule has 3 aliphatic rings. The third-order valence-electron chi connectivity index (χ3n) is 6.70. The molecule has 3 rings (SSSR count). The van der Waals surface area contributed by atoms with Crippen molar-refractivity contribution in [3.63, 3.8) is 0 Å². The summed E-state index contributed by atoms with van der Waals surface area (Å²) >= 11 is 5.04. The van der Waals surface area contributed by atoms with Crippen molar-refractivity contribution in [2.75, 3.05) is 0 Å². The van der Waals surface area contributed by atoms with Crippen LogP contribution in [0.1, 0.15) is 59.3 Å². The lowest BCUT2D eigenvalue weighted by atomic mass is 9.81. The second-order valence-electron chi connectivity index (χ2n) is 8.80. The van der Waals surface area contributed by atoms with Gasteiger partial charge in [0.05, 0.1) is 17.8 Å². The fourth-order valence-electron chi connectivity index (χ4n) is 4.63. The van der Waals surface area contributed by atoms with Gasteiger partial charge in [0.15, 0.2) is 0 Å². The minimum atomic E-state index is -0.640. The smallest absolute Gasteiger partial charge is 0.334 e. The summed E-state index contributed by atoms with van der Waals surface area (Å²) in [4.78, 5) is 12.1. The van der Waals surface area contributed by atoms with Crippen molar-refractivity contribution in [2.24, 2.45) is 11.8 Å². The van der Waals surface area contributed by atoms with Gasteiger partial charge in [0, 0.05) is 18.8 Å². The van der Waals surface area contributed by atoms with Crippen LogP contribution >= 0.6 is 45.2 Å². The lowest BCUT2D eigenvalue weighted by molar-refractivity contribution is -0.146. The van der Waals surface area contributed by atoms with Crippen LogP contribution < -0.4 is 0 Å². The molecule has 0 aliphatic carbocycles. The summed E-state index contributed by atoms with van der Waals surface area (Å²) < 4.78 is 12.5. The maximum atomic E-state index is 12.1. The third kappa shape index (κ3) is 3.99. The Kier molecular flexibility index (Phi) is 6.38. The Labute approximate surface area is 184 Å². The molecule has 3 fully saturated rings. The highest BCUT2D eigenvalue weighted by molar-refractivity contribution is 14.1. The molecule has 3 saturated heterocycles. The number of aliphatic hydroxyl groups excluding tert-OH is 1. The summed E-state index contributed by atoms with van der Waals surface area (Å²) in [5.41, 5.74) is 0.299. The van der Waals surface area contributed by atoms with Gasteiger partial charge < -0.3 is 14.6 Å². The lowest BCUT2D eigenvalue weighted by Gasteiger charge is -2.36. The number of aliphatic hydroxyl groups is 1. The Morgan fingerprint density at radius 2 is 1.96 bits per heavy atom. The minimum Gasteiger partial charge on any atom is -0.456 e. The first-order valence-electron chi connectivity index (χ1n) is 9.64. The first-order valence-corrected chi connectivity index (χ1v) is 12.0. The normalized spacial score (nSPS) is 50.4. The molecule has 1 N–H and O–H groups in total. The Morgan fingerprint density at radius 1 is 1.27 bits per heavy atom. The van der Waals surface area contributed by atoms with Gasteiger partial charge in [-0.25, -0.2) is 4.79 Å². The van der Waals surface area contributed by atoms with Gasteiger partial charge in [0.2, 0.25) is 0 Å². The molecule has 0 aromatic rings. The van der Waals surface area contributed by atoms with Crippen LogP contribution in [0.5, 0.6) is 0 Å². The first kappa shape index (κ1) is 21.3. The van der Waals surface area contributed by atoms with Gasteiger partial charge in [-0.3, -0.25) is 0 Å². The summed E-state index contributed by atoms with van der Waals surface area (Å²) in [7, 11) is 0. The Bertz CT molecular complexity index is 578. The van der Waals surface area contributed by atoms with Crippen LogP contribution in [0.2, 0.25) is 0 Å². The van der Waals surface area contributed by atoms with E-state index in [1.54, 1.807) is 0 Å². The molecule has 0 aromatic carbocycles. The first-order chi connectivity index (χ1) is 12.0. The van der Waals surface area contributed by atoms with Crippen LogP contribution in [-0.2, 0) is 14.3 Å². The second-order valence-corrected chi connectivity index (χ2v) is 12.8. The summed E-state index contributed by atoms with van der Waals surface area (Å²) in [6.45, 7) is 10.5. The lowest BCUT2D eigenvalue weighted by Crippen LogP contribution is -2.42. The van der Waals surface area contributed by atoms with Crippen molar-refractivity contribution in [1.82, 2.24) is 0 Å². The van der Waals surface area contributed by atoms with E-state index in [-0.39, 0.29) is 36.9 Å². The second kappa shape index (κ2) is 7.78. The molecule has 3 heterocycles. The number of ether oxygens (including phenoxy) is 2. The van der Waals surface area contributed by atoms with Crippen molar-refractivity contribution < 1.29 is 19.4 Å². The molecule has 8 atom stereocenters. The highest BCUT2D eigenvalue weighted by Gasteiger charge is 2.51. The number of halogens is 2. The average molecular weight is 588 g/mol. The van der Waals surface area contributed by atoms with E-state index in [0.29, 0.717) is 5.57 Å². The monoisotopic (exact) mass is 588 g/mol. The van der Waals surface area contributed by atoms with Gasteiger partial charge in [0.25, 0.3) is 0 Å². The molecular formula is C20H30I2O4. The quantitative estimate of drug-likeness (QED) is 0.195. The minimum absolute atomic E-state index is 0.0931. The molecule has 26 heavy (non-hydrogen) atoms. The van der Waals surface area contributed by atoms with Gasteiger partial charge >= 0.3 is 5.97 Å². The SMILES string of the molecule is C=C1C(=O)O[C@H]2[C@@H](O)[C@H](C)CCC[C@@](C)(I)[C@@H]3CC[C@@](C)(O3)[C@@H](I)C[C@@H]12. The fourth-order valence-corrected chi connectivity index (χ4v) is 6.45. The topological polar surface area (TPSA) is 55.8 Å². The summed E-state index contributed by atoms with van der Waals surface area (Å²) in [6.07, 6.45) is 5.03. The molecule has 148 valence electrons. The molecule has 3 aliphatic heterocycles. The van der Waals surface area contributed by atoms with Crippen molar-refractivity contribution in [3.05, 3.63) is 12.2 Å². The summed E-state index contributed by atoms with van der Waals surface area (Å²) in [5.74, 6) is -0.388. The van der Waals surface area contributed by atoms with Crippen molar-refractivity contribution in [3.8, 4) is 0 Å². The Hall–Kier alpha value is 0.590. The molecule has 2 bridgehead atoms. The molecule has 0 saturated carbocycles. The number of esters is 1. The number of hydrogen-bond donors (Lipinski definition) is 1. The van der Waals surface area contributed by atoms with Crippen LogP contribution in [0.25, 0.3) is 0 Å². The zero-order valence-electron chi connectivity index (χ0n) is 15.8. The van der Waals surface area contributed by atoms with Crippen LogP contribution in [0, 0.1) is 11.8 Å². The van der Waals surface area contributed by atoms with Gasteiger partial charge in [-0.05, 0) is 51.9 Å². The molecule has 0 spiro atoms. The predicted octanol–water partition coefficient (Wildman–Crippen LogP) is 4.59. The van der Waals surface area contributed by atoms with E-state index >= 15 is 0 Å². The molecular weight excluding hydrogens is 558 g/mol. The van der Waals surface area contributed by atoms with E-state index in [4.69, 9.17) is 9.47 Å². The van der Waals surface area contributed by atoms with E-state index in [9.17, 15) is 9.90 Å². The molecule has 6 heteroatoms. The largest absolute Gasteiger partial charge is 0.456 e. The maximum absolute atomic E-state index is 12.1. The van der Waals surface area contributed by atoms with Crippen LogP contribution in [-0.4, -0.2) is 42.3 Å². The van der Waals surface area contributed by atoms with Crippen molar-refractivity contribution in [1.29, 1.82) is 0 Å². The number of carbonyl (C=O) groups excluding carboxylic acids is 1. The molecule has 0 amide bonds. The maximum Gasteiger partial charge on any atom is 0.334 e. The third-order valence-corrected chi connectivity index (χ3v) is 9.76.